The van der Waals surface area contributed by atoms with Crippen molar-refractivity contribution in [2.75, 3.05) is 7.11 Å². The van der Waals surface area contributed by atoms with Gasteiger partial charge in [-0.1, -0.05) is 6.92 Å². The lowest BCUT2D eigenvalue weighted by Gasteiger charge is -2.48. The van der Waals surface area contributed by atoms with Gasteiger partial charge in [0, 0.05) is 11.8 Å². The lowest BCUT2D eigenvalue weighted by molar-refractivity contribution is -0.129. The minimum Gasteiger partial charge on any atom is -0.504 e. The molecule has 0 amide bonds. The number of rotatable bonds is 1. The Labute approximate surface area is 131 Å². The van der Waals surface area contributed by atoms with E-state index < -0.39 is 0 Å². The number of methoxy groups -OCH3 is 1. The normalized spacial score (nSPS) is 36.5. The number of aryl methyl sites for hydroxylation is 1. The van der Waals surface area contributed by atoms with Crippen LogP contribution in [0.2, 0.25) is 0 Å². The smallest absolute Gasteiger partial charge is 0.160 e. The molecule has 2 unspecified atom stereocenters. The molecule has 2 fully saturated rings. The van der Waals surface area contributed by atoms with Crippen molar-refractivity contribution in [3.63, 3.8) is 0 Å². The predicted molar refractivity (Wildman–Crippen MR) is 84.3 cm³/mol. The number of Topliss-reactive ketones (excluding diaryl/α,β-unsaturated/α-hetero) is 1. The summed E-state index contributed by atoms with van der Waals surface area (Å²) >= 11 is 0. The lowest BCUT2D eigenvalue weighted by atomic mass is 9.55. The number of aromatic hydroxyl groups is 1. The molecule has 0 heterocycles. The summed E-state index contributed by atoms with van der Waals surface area (Å²) in [6.07, 6.45) is 6.10. The highest BCUT2D eigenvalue weighted by atomic mass is 16.5. The molecule has 0 saturated heterocycles. The number of carbonyl (C=O) groups is 1. The number of ketones is 1. The van der Waals surface area contributed by atoms with E-state index in [-0.39, 0.29) is 11.2 Å². The maximum atomic E-state index is 12.3. The van der Waals surface area contributed by atoms with E-state index in [0.29, 0.717) is 29.3 Å². The van der Waals surface area contributed by atoms with Gasteiger partial charge < -0.3 is 9.84 Å². The molecule has 0 radical (unpaired) electrons. The minimum absolute atomic E-state index is 0.0698. The average molecular weight is 300 g/mol. The van der Waals surface area contributed by atoms with Crippen LogP contribution in [0.5, 0.6) is 11.5 Å². The summed E-state index contributed by atoms with van der Waals surface area (Å²) < 4.78 is 5.31. The number of ether oxygens (including phenoxy) is 1. The fourth-order valence-electron chi connectivity index (χ4n) is 5.52. The molecule has 4 atom stereocenters. The molecule has 3 aliphatic rings. The maximum absolute atomic E-state index is 12.3. The molecule has 0 aliphatic heterocycles. The van der Waals surface area contributed by atoms with Crippen LogP contribution in [0.1, 0.15) is 56.1 Å². The van der Waals surface area contributed by atoms with Crippen LogP contribution < -0.4 is 4.74 Å². The van der Waals surface area contributed by atoms with Gasteiger partial charge in [0.2, 0.25) is 0 Å². The van der Waals surface area contributed by atoms with Crippen molar-refractivity contribution < 1.29 is 14.6 Å². The first-order valence-electron chi connectivity index (χ1n) is 8.47. The number of hydrogen-bond acceptors (Lipinski definition) is 3. The largest absolute Gasteiger partial charge is 0.504 e. The van der Waals surface area contributed by atoms with Crippen LogP contribution in [0.4, 0.5) is 0 Å². The minimum atomic E-state index is -0.0698. The van der Waals surface area contributed by atoms with Gasteiger partial charge in [-0.25, -0.2) is 0 Å². The van der Waals surface area contributed by atoms with Gasteiger partial charge in [-0.2, -0.15) is 0 Å². The van der Waals surface area contributed by atoms with E-state index >= 15 is 0 Å². The summed E-state index contributed by atoms with van der Waals surface area (Å²) in [5.74, 6) is 3.01. The van der Waals surface area contributed by atoms with Gasteiger partial charge >= 0.3 is 0 Å². The van der Waals surface area contributed by atoms with Crippen LogP contribution in [-0.2, 0) is 11.2 Å². The Morgan fingerprint density at radius 3 is 2.82 bits per heavy atom. The molecule has 118 valence electrons. The van der Waals surface area contributed by atoms with E-state index in [1.807, 2.05) is 12.1 Å². The van der Waals surface area contributed by atoms with E-state index in [1.165, 1.54) is 11.1 Å². The number of hydrogen-bond donors (Lipinski definition) is 1. The van der Waals surface area contributed by atoms with Gasteiger partial charge in [0.1, 0.15) is 5.78 Å². The topological polar surface area (TPSA) is 46.5 Å². The monoisotopic (exact) mass is 300 g/mol. The zero-order valence-corrected chi connectivity index (χ0v) is 13.4. The summed E-state index contributed by atoms with van der Waals surface area (Å²) in [7, 11) is 1.61. The van der Waals surface area contributed by atoms with E-state index in [9.17, 15) is 9.90 Å². The number of benzene rings is 1. The second-order valence-corrected chi connectivity index (χ2v) is 7.56. The Hall–Kier alpha value is -1.51. The second-order valence-electron chi connectivity index (χ2n) is 7.56. The summed E-state index contributed by atoms with van der Waals surface area (Å²) in [6, 6.07) is 3.93. The molecule has 3 aliphatic carbocycles. The van der Waals surface area contributed by atoms with Gasteiger partial charge in [-0.15, -0.1) is 0 Å². The van der Waals surface area contributed by atoms with Crippen molar-refractivity contribution in [3.05, 3.63) is 23.3 Å². The third-order valence-corrected chi connectivity index (χ3v) is 6.73. The Balaban J connectivity index is 1.74. The zero-order valence-electron chi connectivity index (χ0n) is 13.4. The van der Waals surface area contributed by atoms with Crippen molar-refractivity contribution in [1.82, 2.24) is 0 Å². The Morgan fingerprint density at radius 2 is 2.05 bits per heavy atom. The van der Waals surface area contributed by atoms with Crippen LogP contribution in [0.25, 0.3) is 0 Å². The first kappa shape index (κ1) is 14.1. The number of fused-ring (bicyclic) bond motifs is 5. The fraction of sp³-hybridized carbons (Fsp3) is 0.632. The molecule has 4 rings (SSSR count). The Kier molecular flexibility index (Phi) is 3.04. The van der Waals surface area contributed by atoms with Crippen molar-refractivity contribution >= 4 is 5.78 Å². The van der Waals surface area contributed by atoms with Crippen LogP contribution in [0.3, 0.4) is 0 Å². The third kappa shape index (κ3) is 1.77. The second kappa shape index (κ2) is 4.74. The SMILES string of the molecule is COc1cc2c(cc1O)CC[C@@H]1C2CC[C@]2(C)C(=O)CCC12. The van der Waals surface area contributed by atoms with Crippen LogP contribution >= 0.6 is 0 Å². The van der Waals surface area contributed by atoms with Gasteiger partial charge in [0.15, 0.2) is 11.5 Å². The highest BCUT2D eigenvalue weighted by molar-refractivity contribution is 5.87. The van der Waals surface area contributed by atoms with Crippen LogP contribution in [0.15, 0.2) is 12.1 Å². The van der Waals surface area contributed by atoms with Gasteiger partial charge in [0.25, 0.3) is 0 Å². The van der Waals surface area contributed by atoms with Crippen molar-refractivity contribution in [3.8, 4) is 11.5 Å². The molecule has 0 spiro atoms. The van der Waals surface area contributed by atoms with E-state index in [2.05, 4.69) is 6.92 Å². The summed E-state index contributed by atoms with van der Waals surface area (Å²) in [5, 5.41) is 10.0. The van der Waals surface area contributed by atoms with Crippen molar-refractivity contribution in [2.24, 2.45) is 17.3 Å². The van der Waals surface area contributed by atoms with Crippen molar-refractivity contribution in [1.29, 1.82) is 0 Å². The molecule has 22 heavy (non-hydrogen) atoms. The summed E-state index contributed by atoms with van der Waals surface area (Å²) in [5.41, 5.74) is 2.56. The van der Waals surface area contributed by atoms with Crippen molar-refractivity contribution in [2.45, 2.75) is 51.4 Å². The summed E-state index contributed by atoms with van der Waals surface area (Å²) in [6.45, 7) is 2.20. The zero-order chi connectivity index (χ0) is 15.5. The fourth-order valence-corrected chi connectivity index (χ4v) is 5.52. The molecule has 1 N–H and O–H groups in total. The molecule has 1 aromatic rings. The summed E-state index contributed by atoms with van der Waals surface area (Å²) in [4.78, 5) is 12.3. The number of phenolic OH excluding ortho intramolecular Hbond substituents is 1. The molecular formula is C19H24O3. The van der Waals surface area contributed by atoms with Gasteiger partial charge in [-0.05, 0) is 73.1 Å². The molecular weight excluding hydrogens is 276 g/mol. The first-order valence-corrected chi connectivity index (χ1v) is 8.47. The Bertz CT molecular complexity index is 636. The van der Waals surface area contributed by atoms with Crippen LogP contribution in [-0.4, -0.2) is 18.0 Å². The molecule has 1 aromatic carbocycles. The lowest BCUT2D eigenvalue weighted by Crippen LogP contribution is -2.42. The highest BCUT2D eigenvalue weighted by Crippen LogP contribution is 2.60. The van der Waals surface area contributed by atoms with Crippen LogP contribution in [0, 0.1) is 17.3 Å². The Morgan fingerprint density at radius 1 is 1.23 bits per heavy atom. The van der Waals surface area contributed by atoms with E-state index in [1.54, 1.807) is 7.11 Å². The number of carbonyl (C=O) groups excluding carboxylic acids is 1. The molecule has 0 aromatic heterocycles. The molecule has 3 heteroatoms. The van der Waals surface area contributed by atoms with E-state index in [0.717, 1.165) is 38.5 Å². The third-order valence-electron chi connectivity index (χ3n) is 6.73. The molecule has 0 bridgehead atoms. The first-order chi connectivity index (χ1) is 10.5. The van der Waals surface area contributed by atoms with E-state index in [4.69, 9.17) is 4.74 Å². The standard InChI is InChI=1S/C19H24O3/c1-19-8-7-12-13(15(19)5-6-18(19)21)4-3-11-9-16(20)17(22-2)10-14(11)12/h9-10,12-13,15,20H,3-8H2,1-2H3/t12?,13-,15?,19+/m1/s1. The highest BCUT2D eigenvalue weighted by Gasteiger charge is 2.54. The molecule has 2 saturated carbocycles. The van der Waals surface area contributed by atoms with Gasteiger partial charge in [0.05, 0.1) is 7.11 Å². The maximum Gasteiger partial charge on any atom is 0.160 e. The predicted octanol–water partition coefficient (Wildman–Crippen LogP) is 3.83. The van der Waals surface area contributed by atoms with Gasteiger partial charge in [-0.3, -0.25) is 4.79 Å². The quantitative estimate of drug-likeness (QED) is 0.857. The number of phenols is 1. The average Bonchev–Trinajstić information content (AvgIpc) is 2.82. The molecule has 3 nitrogen and oxygen atoms in total.